The fourth-order valence-electron chi connectivity index (χ4n) is 1.20. The number of esters is 1. The summed E-state index contributed by atoms with van der Waals surface area (Å²) in [6, 6.07) is 0. The van der Waals surface area contributed by atoms with Gasteiger partial charge in [0.15, 0.2) is 0 Å². The number of rotatable bonds is 1. The molecule has 0 radical (unpaired) electrons. The van der Waals surface area contributed by atoms with Crippen LogP contribution < -0.4 is 0 Å². The van der Waals surface area contributed by atoms with Gasteiger partial charge < -0.3 is 4.74 Å². The largest absolute Gasteiger partial charge is 0.462 e. The second-order valence-electron chi connectivity index (χ2n) is 3.03. The Labute approximate surface area is 67.7 Å². The molecule has 0 saturated carbocycles. The van der Waals surface area contributed by atoms with Gasteiger partial charge in [0.2, 0.25) is 0 Å². The summed E-state index contributed by atoms with van der Waals surface area (Å²) in [5.74, 6) is -0.851. The maximum Gasteiger partial charge on any atom is 0.392 e. The van der Waals surface area contributed by atoms with Gasteiger partial charge in [-0.2, -0.15) is 13.2 Å². The summed E-state index contributed by atoms with van der Waals surface area (Å²) in [6.45, 7) is 1.58. The summed E-state index contributed by atoms with van der Waals surface area (Å²) in [5.41, 5.74) is 0. The van der Waals surface area contributed by atoms with Crippen LogP contribution in [-0.4, -0.2) is 18.2 Å². The van der Waals surface area contributed by atoms with Crippen LogP contribution in [0.4, 0.5) is 13.2 Å². The molecule has 0 aromatic heterocycles. The van der Waals surface area contributed by atoms with Gasteiger partial charge in [-0.1, -0.05) is 6.92 Å². The first-order valence-electron chi connectivity index (χ1n) is 3.65. The number of cyclic esters (lactones) is 1. The zero-order chi connectivity index (χ0) is 9.35. The van der Waals surface area contributed by atoms with Crippen molar-refractivity contribution < 1.29 is 22.7 Å². The molecule has 0 aromatic rings. The topological polar surface area (TPSA) is 26.3 Å². The quantitative estimate of drug-likeness (QED) is 0.579. The summed E-state index contributed by atoms with van der Waals surface area (Å²) >= 11 is 0. The lowest BCUT2D eigenvalue weighted by molar-refractivity contribution is -0.165. The van der Waals surface area contributed by atoms with Crippen molar-refractivity contribution in [2.45, 2.75) is 32.0 Å². The Balaban J connectivity index is 2.48. The van der Waals surface area contributed by atoms with Gasteiger partial charge in [0.1, 0.15) is 6.10 Å². The molecule has 1 aliphatic heterocycles. The summed E-state index contributed by atoms with van der Waals surface area (Å²) in [7, 11) is 0. The highest BCUT2D eigenvalue weighted by molar-refractivity contribution is 5.71. The monoisotopic (exact) mass is 182 g/mol. The molecule has 1 aliphatic rings. The third-order valence-electron chi connectivity index (χ3n) is 1.84. The molecule has 2 atom stereocenters. The van der Waals surface area contributed by atoms with E-state index in [2.05, 4.69) is 4.74 Å². The number of ether oxygens (including phenoxy) is 1. The van der Waals surface area contributed by atoms with Crippen molar-refractivity contribution in [2.75, 3.05) is 0 Å². The Morgan fingerprint density at radius 3 is 2.50 bits per heavy atom. The molecule has 0 N–H and O–H groups in total. The summed E-state index contributed by atoms with van der Waals surface area (Å²) in [4.78, 5) is 10.6. The summed E-state index contributed by atoms with van der Waals surface area (Å²) < 4.78 is 39.9. The average molecular weight is 182 g/mol. The van der Waals surface area contributed by atoms with Gasteiger partial charge in [-0.15, -0.1) is 0 Å². The maximum absolute atomic E-state index is 11.8. The van der Waals surface area contributed by atoms with Gasteiger partial charge in [0, 0.05) is 5.92 Å². The highest BCUT2D eigenvalue weighted by Gasteiger charge is 2.40. The molecular formula is C7H9F3O2. The summed E-state index contributed by atoms with van der Waals surface area (Å²) in [6.07, 6.45) is -6.15. The van der Waals surface area contributed by atoms with E-state index in [9.17, 15) is 18.0 Å². The molecule has 0 aliphatic carbocycles. The minimum absolute atomic E-state index is 0.0980. The summed E-state index contributed by atoms with van der Waals surface area (Å²) in [5, 5.41) is 0. The Hall–Kier alpha value is -0.740. The van der Waals surface area contributed by atoms with E-state index in [1.165, 1.54) is 0 Å². The number of alkyl halides is 3. The van der Waals surface area contributed by atoms with Crippen molar-refractivity contribution in [2.24, 2.45) is 5.92 Å². The van der Waals surface area contributed by atoms with Crippen LogP contribution in [0.2, 0.25) is 0 Å². The van der Waals surface area contributed by atoms with Crippen LogP contribution in [0, 0.1) is 5.92 Å². The first-order chi connectivity index (χ1) is 5.38. The van der Waals surface area contributed by atoms with Crippen molar-refractivity contribution in [1.82, 2.24) is 0 Å². The van der Waals surface area contributed by atoms with Crippen LogP contribution in [-0.2, 0) is 9.53 Å². The fourth-order valence-corrected chi connectivity index (χ4v) is 1.20. The number of hydrogen-bond acceptors (Lipinski definition) is 2. The highest BCUT2D eigenvalue weighted by Crippen LogP contribution is 2.31. The highest BCUT2D eigenvalue weighted by atomic mass is 19.4. The molecule has 0 spiro atoms. The number of carbonyl (C=O) groups is 1. The minimum Gasteiger partial charge on any atom is -0.462 e. The Morgan fingerprint density at radius 1 is 1.58 bits per heavy atom. The van der Waals surface area contributed by atoms with Crippen LogP contribution in [0.5, 0.6) is 0 Å². The van der Waals surface area contributed by atoms with Crippen molar-refractivity contribution in [3.05, 3.63) is 0 Å². The van der Waals surface area contributed by atoms with E-state index >= 15 is 0 Å². The van der Waals surface area contributed by atoms with Gasteiger partial charge in [-0.3, -0.25) is 4.79 Å². The molecule has 1 heterocycles. The smallest absolute Gasteiger partial charge is 0.392 e. The molecule has 1 rings (SSSR count). The lowest BCUT2D eigenvalue weighted by atomic mass is 10.0. The van der Waals surface area contributed by atoms with E-state index in [0.717, 1.165) is 0 Å². The van der Waals surface area contributed by atoms with E-state index < -0.39 is 24.7 Å². The first-order valence-corrected chi connectivity index (χ1v) is 3.65. The predicted molar refractivity (Wildman–Crippen MR) is 34.3 cm³/mol. The molecular weight excluding hydrogens is 173 g/mol. The van der Waals surface area contributed by atoms with Crippen LogP contribution >= 0.6 is 0 Å². The van der Waals surface area contributed by atoms with E-state index in [4.69, 9.17) is 0 Å². The minimum atomic E-state index is -4.25. The van der Waals surface area contributed by atoms with Crippen molar-refractivity contribution in [1.29, 1.82) is 0 Å². The van der Waals surface area contributed by atoms with Crippen LogP contribution in [0.15, 0.2) is 0 Å². The maximum atomic E-state index is 11.8. The third kappa shape index (κ3) is 2.39. The second-order valence-corrected chi connectivity index (χ2v) is 3.03. The van der Waals surface area contributed by atoms with Crippen LogP contribution in [0.1, 0.15) is 19.8 Å². The first kappa shape index (κ1) is 9.35. The second kappa shape index (κ2) is 2.95. The van der Waals surface area contributed by atoms with Gasteiger partial charge >= 0.3 is 12.1 Å². The SMILES string of the molecule is C[C@H]1CC(=O)OC1CC(F)(F)F. The van der Waals surface area contributed by atoms with Gasteiger partial charge in [0.05, 0.1) is 12.8 Å². The molecule has 1 saturated heterocycles. The molecule has 1 fully saturated rings. The fraction of sp³-hybridized carbons (Fsp3) is 0.857. The molecule has 70 valence electrons. The Bertz CT molecular complexity index is 188. The third-order valence-corrected chi connectivity index (χ3v) is 1.84. The average Bonchev–Trinajstić information content (AvgIpc) is 2.06. The number of carbonyl (C=O) groups excluding carboxylic acids is 1. The molecule has 12 heavy (non-hydrogen) atoms. The molecule has 0 amide bonds. The number of halogens is 3. The zero-order valence-electron chi connectivity index (χ0n) is 6.52. The molecule has 0 bridgehead atoms. The van der Waals surface area contributed by atoms with Gasteiger partial charge in [-0.05, 0) is 0 Å². The van der Waals surface area contributed by atoms with Gasteiger partial charge in [-0.25, -0.2) is 0 Å². The standard InChI is InChI=1S/C7H9F3O2/c1-4-2-6(11)12-5(4)3-7(8,9)10/h4-5H,2-3H2,1H3/t4-,5?/m0/s1. The Kier molecular flexibility index (Phi) is 2.30. The van der Waals surface area contributed by atoms with Gasteiger partial charge in [0.25, 0.3) is 0 Å². The molecule has 2 nitrogen and oxygen atoms in total. The predicted octanol–water partition coefficient (Wildman–Crippen LogP) is 1.89. The lowest BCUT2D eigenvalue weighted by Crippen LogP contribution is -2.23. The van der Waals surface area contributed by atoms with Crippen LogP contribution in [0.3, 0.4) is 0 Å². The lowest BCUT2D eigenvalue weighted by Gasteiger charge is -2.15. The van der Waals surface area contributed by atoms with E-state index in [1.54, 1.807) is 6.92 Å². The normalized spacial score (nSPS) is 30.5. The van der Waals surface area contributed by atoms with E-state index in [-0.39, 0.29) is 12.3 Å². The van der Waals surface area contributed by atoms with Crippen molar-refractivity contribution in [3.63, 3.8) is 0 Å². The molecule has 1 unspecified atom stereocenters. The van der Waals surface area contributed by atoms with Crippen molar-refractivity contribution >= 4 is 5.97 Å². The molecule has 0 aromatic carbocycles. The zero-order valence-corrected chi connectivity index (χ0v) is 6.52. The number of hydrogen-bond donors (Lipinski definition) is 0. The van der Waals surface area contributed by atoms with E-state index in [0.29, 0.717) is 0 Å². The van der Waals surface area contributed by atoms with Crippen molar-refractivity contribution in [3.8, 4) is 0 Å². The Morgan fingerprint density at radius 2 is 2.17 bits per heavy atom. The van der Waals surface area contributed by atoms with E-state index in [1.807, 2.05) is 0 Å². The van der Waals surface area contributed by atoms with Crippen LogP contribution in [0.25, 0.3) is 0 Å². The molecule has 5 heteroatoms.